The van der Waals surface area contributed by atoms with E-state index in [4.69, 9.17) is 4.74 Å². The maximum absolute atomic E-state index is 12.1. The highest BCUT2D eigenvalue weighted by Gasteiger charge is 2.12. The number of amides is 1. The molecule has 0 aliphatic carbocycles. The Morgan fingerprint density at radius 2 is 1.90 bits per heavy atom. The molecule has 1 fully saturated rings. The fraction of sp³-hybridized carbons (Fsp3) is 0.533. The molecule has 108 valence electrons. The molecule has 0 unspecified atom stereocenters. The van der Waals surface area contributed by atoms with Gasteiger partial charge in [-0.05, 0) is 25.8 Å². The summed E-state index contributed by atoms with van der Waals surface area (Å²) < 4.78 is 5.17. The van der Waals surface area contributed by atoms with Crippen LogP contribution in [0.25, 0.3) is 6.08 Å². The lowest BCUT2D eigenvalue weighted by molar-refractivity contribution is -0.125. The third-order valence-electron chi connectivity index (χ3n) is 3.26. The van der Waals surface area contributed by atoms with Crippen molar-refractivity contribution in [3.63, 3.8) is 0 Å². The average Bonchev–Trinajstić information content (AvgIpc) is 2.76. The zero-order valence-electron chi connectivity index (χ0n) is 11.9. The van der Waals surface area contributed by atoms with Gasteiger partial charge in [-0.2, -0.15) is 0 Å². The smallest absolute Gasteiger partial charge is 0.316 e. The molecule has 1 amide bonds. The summed E-state index contributed by atoms with van der Waals surface area (Å²) in [5.74, 6) is 0.0702. The predicted octanol–water partition coefficient (Wildman–Crippen LogP) is 2.29. The Bertz CT molecular complexity index is 449. The van der Waals surface area contributed by atoms with E-state index < -0.39 is 0 Å². The van der Waals surface area contributed by atoms with Crippen molar-refractivity contribution in [2.75, 3.05) is 19.7 Å². The summed E-state index contributed by atoms with van der Waals surface area (Å²) >= 11 is 0. The first-order chi connectivity index (χ1) is 9.79. The van der Waals surface area contributed by atoms with Crippen LogP contribution in [0.2, 0.25) is 0 Å². The van der Waals surface area contributed by atoms with Crippen molar-refractivity contribution in [2.24, 2.45) is 0 Å². The van der Waals surface area contributed by atoms with Crippen LogP contribution in [0, 0.1) is 0 Å². The van der Waals surface area contributed by atoms with E-state index in [2.05, 4.69) is 9.97 Å². The molecule has 0 N–H and O–H groups in total. The van der Waals surface area contributed by atoms with E-state index in [1.165, 1.54) is 12.8 Å². The first-order valence-corrected chi connectivity index (χ1v) is 7.21. The van der Waals surface area contributed by atoms with E-state index in [-0.39, 0.29) is 5.91 Å². The van der Waals surface area contributed by atoms with Gasteiger partial charge in [0.15, 0.2) is 0 Å². The summed E-state index contributed by atoms with van der Waals surface area (Å²) in [6.45, 7) is 4.16. The molecule has 1 aliphatic heterocycles. The van der Waals surface area contributed by atoms with Gasteiger partial charge in [0.05, 0.1) is 6.61 Å². The number of aromatic nitrogens is 2. The minimum Gasteiger partial charge on any atom is -0.464 e. The number of carbonyl (C=O) groups excluding carboxylic acids is 1. The van der Waals surface area contributed by atoms with Crippen LogP contribution in [0.3, 0.4) is 0 Å². The van der Waals surface area contributed by atoms with Gasteiger partial charge in [-0.25, -0.2) is 9.97 Å². The molecule has 0 aromatic carbocycles. The van der Waals surface area contributed by atoms with Crippen molar-refractivity contribution in [2.45, 2.75) is 32.6 Å². The van der Waals surface area contributed by atoms with Gasteiger partial charge in [-0.3, -0.25) is 4.79 Å². The quantitative estimate of drug-likeness (QED) is 0.791. The molecule has 0 saturated carbocycles. The van der Waals surface area contributed by atoms with Gasteiger partial charge < -0.3 is 9.64 Å². The summed E-state index contributed by atoms with van der Waals surface area (Å²) in [6, 6.07) is 0.364. The van der Waals surface area contributed by atoms with Crippen LogP contribution in [-0.4, -0.2) is 40.5 Å². The molecule has 0 bridgehead atoms. The Balaban J connectivity index is 1.92. The number of hydrogen-bond donors (Lipinski definition) is 0. The first kappa shape index (κ1) is 14.5. The SMILES string of the molecule is CCOc1ncc(/C=C/C(=O)N2CCCCCC2)cn1. The van der Waals surface area contributed by atoms with Crippen molar-refractivity contribution in [3.05, 3.63) is 24.0 Å². The number of rotatable bonds is 4. The zero-order valence-corrected chi connectivity index (χ0v) is 11.9. The number of carbonyl (C=O) groups is 1. The second-order valence-electron chi connectivity index (χ2n) is 4.80. The van der Waals surface area contributed by atoms with Gasteiger partial charge in [0, 0.05) is 37.1 Å². The highest BCUT2D eigenvalue weighted by atomic mass is 16.5. The van der Waals surface area contributed by atoms with Gasteiger partial charge in [0.2, 0.25) is 5.91 Å². The molecule has 1 saturated heterocycles. The Hall–Kier alpha value is -1.91. The monoisotopic (exact) mass is 275 g/mol. The minimum atomic E-state index is 0.0702. The first-order valence-electron chi connectivity index (χ1n) is 7.21. The van der Waals surface area contributed by atoms with Crippen LogP contribution >= 0.6 is 0 Å². The predicted molar refractivity (Wildman–Crippen MR) is 77.3 cm³/mol. The van der Waals surface area contributed by atoms with E-state index >= 15 is 0 Å². The Morgan fingerprint density at radius 1 is 1.25 bits per heavy atom. The zero-order chi connectivity index (χ0) is 14.2. The average molecular weight is 275 g/mol. The minimum absolute atomic E-state index is 0.0702. The molecular formula is C15H21N3O2. The second-order valence-corrected chi connectivity index (χ2v) is 4.80. The Kier molecular flexibility index (Phi) is 5.53. The van der Waals surface area contributed by atoms with Gasteiger partial charge in [-0.1, -0.05) is 12.8 Å². The van der Waals surface area contributed by atoms with E-state index in [0.29, 0.717) is 12.6 Å². The van der Waals surface area contributed by atoms with Gasteiger partial charge in [-0.15, -0.1) is 0 Å². The summed E-state index contributed by atoms with van der Waals surface area (Å²) in [6.07, 6.45) is 11.3. The molecule has 0 spiro atoms. The van der Waals surface area contributed by atoms with Crippen LogP contribution in [0.1, 0.15) is 38.2 Å². The molecular weight excluding hydrogens is 254 g/mol. The Labute approximate surface area is 119 Å². The lowest BCUT2D eigenvalue weighted by atomic mass is 10.2. The number of likely N-dealkylation sites (tertiary alicyclic amines) is 1. The number of ether oxygens (including phenoxy) is 1. The van der Waals surface area contributed by atoms with Crippen LogP contribution in [0.5, 0.6) is 6.01 Å². The molecule has 0 atom stereocenters. The summed E-state index contributed by atoms with van der Waals surface area (Å²) in [7, 11) is 0. The fourth-order valence-electron chi connectivity index (χ4n) is 2.18. The summed E-state index contributed by atoms with van der Waals surface area (Å²) in [5, 5.41) is 0. The van der Waals surface area contributed by atoms with Gasteiger partial charge in [0.25, 0.3) is 0 Å². The highest BCUT2D eigenvalue weighted by Crippen LogP contribution is 2.11. The van der Waals surface area contributed by atoms with Crippen molar-refractivity contribution in [3.8, 4) is 6.01 Å². The third kappa shape index (κ3) is 4.33. The highest BCUT2D eigenvalue weighted by molar-refractivity contribution is 5.91. The molecule has 5 heteroatoms. The molecule has 1 aliphatic rings. The molecule has 1 aromatic rings. The number of nitrogens with zero attached hydrogens (tertiary/aromatic N) is 3. The van der Waals surface area contributed by atoms with Crippen molar-refractivity contribution in [1.82, 2.24) is 14.9 Å². The third-order valence-corrected chi connectivity index (χ3v) is 3.26. The van der Waals surface area contributed by atoms with Gasteiger partial charge >= 0.3 is 6.01 Å². The van der Waals surface area contributed by atoms with Crippen LogP contribution in [-0.2, 0) is 4.79 Å². The van der Waals surface area contributed by atoms with E-state index in [9.17, 15) is 4.79 Å². The molecule has 1 aromatic heterocycles. The van der Waals surface area contributed by atoms with Crippen LogP contribution in [0.4, 0.5) is 0 Å². The molecule has 2 rings (SSSR count). The topological polar surface area (TPSA) is 55.3 Å². The van der Waals surface area contributed by atoms with E-state index in [0.717, 1.165) is 31.5 Å². The van der Waals surface area contributed by atoms with E-state index in [1.807, 2.05) is 11.8 Å². The molecule has 0 radical (unpaired) electrons. The summed E-state index contributed by atoms with van der Waals surface area (Å²) in [4.78, 5) is 22.1. The van der Waals surface area contributed by atoms with Crippen LogP contribution in [0.15, 0.2) is 18.5 Å². The number of hydrogen-bond acceptors (Lipinski definition) is 4. The van der Waals surface area contributed by atoms with Crippen molar-refractivity contribution in [1.29, 1.82) is 0 Å². The van der Waals surface area contributed by atoms with Crippen LogP contribution < -0.4 is 4.74 Å². The standard InChI is InChI=1S/C15H21N3O2/c1-2-20-15-16-11-13(12-17-15)7-8-14(19)18-9-5-3-4-6-10-18/h7-8,11-12H,2-6,9-10H2,1H3/b8-7+. The normalized spacial score (nSPS) is 16.1. The molecule has 5 nitrogen and oxygen atoms in total. The fourth-order valence-corrected chi connectivity index (χ4v) is 2.18. The van der Waals surface area contributed by atoms with E-state index in [1.54, 1.807) is 24.5 Å². The van der Waals surface area contributed by atoms with Crippen molar-refractivity contribution < 1.29 is 9.53 Å². The Morgan fingerprint density at radius 3 is 2.50 bits per heavy atom. The van der Waals surface area contributed by atoms with Crippen molar-refractivity contribution >= 4 is 12.0 Å². The molecule has 2 heterocycles. The maximum Gasteiger partial charge on any atom is 0.316 e. The maximum atomic E-state index is 12.1. The summed E-state index contributed by atoms with van der Waals surface area (Å²) in [5.41, 5.74) is 0.802. The second kappa shape index (κ2) is 7.62. The lowest BCUT2D eigenvalue weighted by Crippen LogP contribution is -2.30. The largest absolute Gasteiger partial charge is 0.464 e. The lowest BCUT2D eigenvalue weighted by Gasteiger charge is -2.17. The molecule has 20 heavy (non-hydrogen) atoms. The van der Waals surface area contributed by atoms with Gasteiger partial charge in [0.1, 0.15) is 0 Å².